The van der Waals surface area contributed by atoms with Crippen molar-refractivity contribution in [2.45, 2.75) is 19.3 Å². The fourth-order valence-electron chi connectivity index (χ4n) is 1.85. The van der Waals surface area contributed by atoms with Crippen molar-refractivity contribution in [3.63, 3.8) is 0 Å². The van der Waals surface area contributed by atoms with Crippen LogP contribution >= 0.6 is 22.7 Å². The lowest BCUT2D eigenvalue weighted by atomic mass is 9.91. The summed E-state index contributed by atoms with van der Waals surface area (Å²) in [6.07, 6.45) is 0. The highest BCUT2D eigenvalue weighted by Crippen LogP contribution is 2.27. The van der Waals surface area contributed by atoms with Crippen molar-refractivity contribution in [2.75, 3.05) is 13.2 Å². The first-order valence-corrected chi connectivity index (χ1v) is 8.30. The van der Waals surface area contributed by atoms with Crippen molar-refractivity contribution >= 4 is 28.6 Å². The minimum Gasteiger partial charge on any atom is -0.384 e. The molecule has 2 aromatic heterocycles. The summed E-state index contributed by atoms with van der Waals surface area (Å²) in [6.45, 7) is 4.58. The molecule has 110 valence electrons. The van der Waals surface area contributed by atoms with Crippen molar-refractivity contribution in [3.8, 4) is 11.8 Å². The van der Waals surface area contributed by atoms with Crippen molar-refractivity contribution < 1.29 is 9.90 Å². The Morgan fingerprint density at radius 2 is 2.14 bits per heavy atom. The maximum Gasteiger partial charge on any atom is 0.262 e. The number of aliphatic hydroxyl groups is 1. The van der Waals surface area contributed by atoms with Crippen LogP contribution < -0.4 is 5.32 Å². The van der Waals surface area contributed by atoms with Gasteiger partial charge in [0.05, 0.1) is 0 Å². The fraction of sp³-hybridized carbons (Fsp3) is 0.312. The van der Waals surface area contributed by atoms with Gasteiger partial charge in [0, 0.05) is 22.4 Å². The van der Waals surface area contributed by atoms with Gasteiger partial charge in [0.25, 0.3) is 5.91 Å². The molecule has 0 aromatic carbocycles. The van der Waals surface area contributed by atoms with E-state index in [2.05, 4.69) is 37.1 Å². The smallest absolute Gasteiger partial charge is 0.262 e. The normalized spacial score (nSPS) is 10.8. The Balaban J connectivity index is 2.04. The van der Waals surface area contributed by atoms with Gasteiger partial charge in [-0.1, -0.05) is 31.8 Å². The van der Waals surface area contributed by atoms with Crippen molar-refractivity contribution in [1.29, 1.82) is 0 Å². The standard InChI is InChI=1S/C16H17NO2S2/c1-16(2,13-6-4-9-20-13)11-17-15(19)14-12(5-3-8-18)7-10-21-14/h4,6-7,9-10,18H,8,11H2,1-2H3,(H,17,19). The lowest BCUT2D eigenvalue weighted by Gasteiger charge is -2.23. The van der Waals surface area contributed by atoms with Gasteiger partial charge >= 0.3 is 0 Å². The Kier molecular flexibility index (Phi) is 5.18. The number of carbonyl (C=O) groups excluding carboxylic acids is 1. The molecule has 2 N–H and O–H groups in total. The van der Waals surface area contributed by atoms with Crippen LogP contribution in [-0.4, -0.2) is 24.2 Å². The second-order valence-corrected chi connectivity index (χ2v) is 7.03. The first kappa shape index (κ1) is 15.8. The topological polar surface area (TPSA) is 49.3 Å². The number of amides is 1. The lowest BCUT2D eigenvalue weighted by Crippen LogP contribution is -2.36. The molecule has 2 heterocycles. The molecule has 3 nitrogen and oxygen atoms in total. The van der Waals surface area contributed by atoms with E-state index >= 15 is 0 Å². The van der Waals surface area contributed by atoms with Crippen LogP contribution in [0.15, 0.2) is 29.0 Å². The Morgan fingerprint density at radius 3 is 2.81 bits per heavy atom. The van der Waals surface area contributed by atoms with E-state index in [1.54, 1.807) is 17.4 Å². The highest BCUT2D eigenvalue weighted by Gasteiger charge is 2.23. The summed E-state index contributed by atoms with van der Waals surface area (Å²) < 4.78 is 0. The average molecular weight is 319 g/mol. The van der Waals surface area contributed by atoms with E-state index < -0.39 is 0 Å². The quantitative estimate of drug-likeness (QED) is 0.851. The number of nitrogens with one attached hydrogen (secondary N) is 1. The van der Waals surface area contributed by atoms with E-state index in [-0.39, 0.29) is 17.9 Å². The summed E-state index contributed by atoms with van der Waals surface area (Å²) in [6, 6.07) is 5.90. The largest absolute Gasteiger partial charge is 0.384 e. The third-order valence-corrected chi connectivity index (χ3v) is 5.20. The molecular formula is C16H17NO2S2. The fourth-order valence-corrected chi connectivity index (χ4v) is 3.47. The number of aliphatic hydroxyl groups excluding tert-OH is 1. The summed E-state index contributed by atoms with van der Waals surface area (Å²) >= 11 is 3.06. The first-order valence-electron chi connectivity index (χ1n) is 6.54. The van der Waals surface area contributed by atoms with Gasteiger partial charge < -0.3 is 10.4 Å². The summed E-state index contributed by atoms with van der Waals surface area (Å²) in [5, 5.41) is 15.6. The molecule has 5 heteroatoms. The highest BCUT2D eigenvalue weighted by molar-refractivity contribution is 7.12. The van der Waals surface area contributed by atoms with E-state index in [4.69, 9.17) is 5.11 Å². The van der Waals surface area contributed by atoms with Crippen LogP contribution in [0.5, 0.6) is 0 Å². The van der Waals surface area contributed by atoms with Crippen LogP contribution in [0.1, 0.15) is 34.0 Å². The molecule has 0 aliphatic carbocycles. The van der Waals surface area contributed by atoms with E-state index in [9.17, 15) is 4.79 Å². The molecule has 1 amide bonds. The molecular weight excluding hydrogens is 302 g/mol. The molecule has 2 rings (SSSR count). The number of thiophene rings is 2. The third kappa shape index (κ3) is 3.94. The summed E-state index contributed by atoms with van der Waals surface area (Å²) in [5.74, 6) is 5.26. The Hall–Kier alpha value is -1.61. The number of hydrogen-bond donors (Lipinski definition) is 2. The second kappa shape index (κ2) is 6.90. The second-order valence-electron chi connectivity index (χ2n) is 5.17. The van der Waals surface area contributed by atoms with E-state index in [1.165, 1.54) is 16.2 Å². The molecule has 0 bridgehead atoms. The molecule has 0 saturated heterocycles. The number of carbonyl (C=O) groups is 1. The van der Waals surface area contributed by atoms with Crippen LogP contribution in [0.4, 0.5) is 0 Å². The summed E-state index contributed by atoms with van der Waals surface area (Å²) in [7, 11) is 0. The van der Waals surface area contributed by atoms with Crippen LogP contribution in [-0.2, 0) is 5.41 Å². The Morgan fingerprint density at radius 1 is 1.33 bits per heavy atom. The highest BCUT2D eigenvalue weighted by atomic mass is 32.1. The SMILES string of the molecule is CC(C)(CNC(=O)c1sccc1C#CCO)c1cccs1. The zero-order valence-electron chi connectivity index (χ0n) is 12.0. The molecule has 2 aromatic rings. The predicted molar refractivity (Wildman–Crippen MR) is 88.0 cm³/mol. The van der Waals surface area contributed by atoms with Gasteiger partial charge in [0.2, 0.25) is 0 Å². The minimum atomic E-state index is -0.206. The van der Waals surface area contributed by atoms with E-state index in [0.29, 0.717) is 17.0 Å². The molecule has 0 aliphatic rings. The van der Waals surface area contributed by atoms with Crippen LogP contribution in [0.3, 0.4) is 0 Å². The lowest BCUT2D eigenvalue weighted by molar-refractivity contribution is 0.0950. The molecule has 0 spiro atoms. The molecule has 0 saturated carbocycles. The monoisotopic (exact) mass is 319 g/mol. The zero-order chi connectivity index (χ0) is 15.3. The van der Waals surface area contributed by atoms with Gasteiger partial charge in [-0.2, -0.15) is 0 Å². The van der Waals surface area contributed by atoms with E-state index in [0.717, 1.165) is 0 Å². The number of rotatable bonds is 4. The molecule has 0 unspecified atom stereocenters. The summed E-state index contributed by atoms with van der Waals surface area (Å²) in [5.41, 5.74) is 0.568. The minimum absolute atomic E-state index is 0.0992. The third-order valence-electron chi connectivity index (χ3n) is 3.05. The van der Waals surface area contributed by atoms with Gasteiger partial charge in [0.15, 0.2) is 0 Å². The van der Waals surface area contributed by atoms with E-state index in [1.807, 2.05) is 16.8 Å². The maximum absolute atomic E-state index is 12.3. The maximum atomic E-state index is 12.3. The van der Waals surface area contributed by atoms with Gasteiger partial charge in [-0.15, -0.1) is 22.7 Å². The molecule has 0 radical (unpaired) electrons. The molecule has 0 fully saturated rings. The van der Waals surface area contributed by atoms with Crippen molar-refractivity contribution in [3.05, 3.63) is 44.3 Å². The molecule has 0 atom stereocenters. The first-order chi connectivity index (χ1) is 10.0. The van der Waals surface area contributed by atoms with Gasteiger partial charge in [-0.3, -0.25) is 4.79 Å². The van der Waals surface area contributed by atoms with Gasteiger partial charge in [0.1, 0.15) is 11.5 Å². The van der Waals surface area contributed by atoms with Gasteiger partial charge in [-0.05, 0) is 22.9 Å². The van der Waals surface area contributed by atoms with Crippen molar-refractivity contribution in [1.82, 2.24) is 5.32 Å². The van der Waals surface area contributed by atoms with Crippen LogP contribution in [0, 0.1) is 11.8 Å². The zero-order valence-corrected chi connectivity index (χ0v) is 13.6. The molecule has 21 heavy (non-hydrogen) atoms. The Bertz CT molecular complexity index is 660. The number of hydrogen-bond acceptors (Lipinski definition) is 4. The average Bonchev–Trinajstić information content (AvgIpc) is 3.13. The predicted octanol–water partition coefficient (Wildman–Crippen LogP) is 2.86. The van der Waals surface area contributed by atoms with Crippen LogP contribution in [0.2, 0.25) is 0 Å². The van der Waals surface area contributed by atoms with Crippen molar-refractivity contribution in [2.24, 2.45) is 0 Å². The van der Waals surface area contributed by atoms with Crippen LogP contribution in [0.25, 0.3) is 0 Å². The molecule has 0 aliphatic heterocycles. The Labute approximate surface area is 132 Å². The summed E-state index contributed by atoms with van der Waals surface area (Å²) in [4.78, 5) is 14.1. The van der Waals surface area contributed by atoms with Gasteiger partial charge in [-0.25, -0.2) is 0 Å².